The summed E-state index contributed by atoms with van der Waals surface area (Å²) in [7, 11) is 0. The molecule has 0 unspecified atom stereocenters. The summed E-state index contributed by atoms with van der Waals surface area (Å²) in [5, 5.41) is 12.9. The van der Waals surface area contributed by atoms with Gasteiger partial charge in [-0.05, 0) is 32.0 Å². The van der Waals surface area contributed by atoms with Crippen molar-refractivity contribution >= 4 is 0 Å². The molecule has 0 spiro atoms. The average Bonchev–Trinajstić information content (AvgIpc) is 2.86. The molecule has 4 nitrogen and oxygen atoms in total. The van der Waals surface area contributed by atoms with Crippen LogP contribution in [0.25, 0.3) is 11.1 Å². The van der Waals surface area contributed by atoms with Crippen LogP contribution in [0.4, 0.5) is 13.2 Å². The van der Waals surface area contributed by atoms with E-state index in [-0.39, 0.29) is 17.2 Å². The fourth-order valence-electron chi connectivity index (χ4n) is 1.80. The van der Waals surface area contributed by atoms with E-state index in [9.17, 15) is 13.2 Å². The average molecular weight is 295 g/mol. The second-order valence-electron chi connectivity index (χ2n) is 4.67. The van der Waals surface area contributed by atoms with Crippen LogP contribution in [0, 0.1) is 11.3 Å². The van der Waals surface area contributed by atoms with Gasteiger partial charge in [-0.15, -0.1) is 13.2 Å². The van der Waals surface area contributed by atoms with Gasteiger partial charge in [0.15, 0.2) is 0 Å². The van der Waals surface area contributed by atoms with Gasteiger partial charge in [0.1, 0.15) is 5.75 Å². The second-order valence-corrected chi connectivity index (χ2v) is 4.67. The molecule has 0 amide bonds. The van der Waals surface area contributed by atoms with E-state index in [2.05, 4.69) is 9.84 Å². The standard InChI is InChI=1S/C14H12F3N3O/c1-9(2)20-8-11(7-19-20)12-4-3-10(6-18)5-13(12)21-14(15,16)17/h3-5,7-9H,1-2H3. The number of ether oxygens (including phenoxy) is 1. The van der Waals surface area contributed by atoms with Crippen LogP contribution in [0.5, 0.6) is 5.75 Å². The number of nitriles is 1. The number of benzene rings is 1. The van der Waals surface area contributed by atoms with Gasteiger partial charge in [-0.2, -0.15) is 10.4 Å². The Morgan fingerprint density at radius 1 is 1.33 bits per heavy atom. The molecule has 0 aliphatic rings. The smallest absolute Gasteiger partial charge is 0.405 e. The fourth-order valence-corrected chi connectivity index (χ4v) is 1.80. The van der Waals surface area contributed by atoms with Gasteiger partial charge in [-0.1, -0.05) is 0 Å². The molecule has 2 aromatic rings. The second kappa shape index (κ2) is 5.48. The minimum atomic E-state index is -4.82. The Kier molecular flexibility index (Phi) is 3.89. The summed E-state index contributed by atoms with van der Waals surface area (Å²) in [6, 6.07) is 5.79. The van der Waals surface area contributed by atoms with E-state index < -0.39 is 12.1 Å². The van der Waals surface area contributed by atoms with Gasteiger partial charge in [-0.3, -0.25) is 4.68 Å². The molecule has 0 aliphatic carbocycles. The van der Waals surface area contributed by atoms with Crippen LogP contribution in [0.2, 0.25) is 0 Å². The van der Waals surface area contributed by atoms with Crippen LogP contribution in [0.15, 0.2) is 30.6 Å². The van der Waals surface area contributed by atoms with E-state index in [1.807, 2.05) is 13.8 Å². The van der Waals surface area contributed by atoms with Crippen LogP contribution < -0.4 is 4.74 Å². The van der Waals surface area contributed by atoms with Crippen LogP contribution in [-0.4, -0.2) is 16.1 Å². The third-order valence-electron chi connectivity index (χ3n) is 2.78. The third kappa shape index (κ3) is 3.54. The SMILES string of the molecule is CC(C)n1cc(-c2ccc(C#N)cc2OC(F)(F)F)cn1. The number of aromatic nitrogens is 2. The summed E-state index contributed by atoms with van der Waals surface area (Å²) >= 11 is 0. The number of hydrogen-bond donors (Lipinski definition) is 0. The van der Waals surface area contributed by atoms with E-state index >= 15 is 0 Å². The molecule has 1 aromatic carbocycles. The fraction of sp³-hybridized carbons (Fsp3) is 0.286. The van der Waals surface area contributed by atoms with Crippen molar-refractivity contribution in [2.45, 2.75) is 26.3 Å². The monoisotopic (exact) mass is 295 g/mol. The van der Waals surface area contributed by atoms with Crippen LogP contribution in [0.3, 0.4) is 0 Å². The molecule has 21 heavy (non-hydrogen) atoms. The highest BCUT2D eigenvalue weighted by atomic mass is 19.4. The maximum Gasteiger partial charge on any atom is 0.573 e. The summed E-state index contributed by atoms with van der Waals surface area (Å²) < 4.78 is 43.1. The van der Waals surface area contributed by atoms with Crippen molar-refractivity contribution in [2.24, 2.45) is 0 Å². The predicted octanol–water partition coefficient (Wildman–Crippen LogP) is 3.90. The predicted molar refractivity (Wildman–Crippen MR) is 69.4 cm³/mol. The maximum absolute atomic E-state index is 12.5. The molecule has 2 rings (SSSR count). The van der Waals surface area contributed by atoms with Crippen molar-refractivity contribution in [1.82, 2.24) is 9.78 Å². The largest absolute Gasteiger partial charge is 0.573 e. The molecule has 0 N–H and O–H groups in total. The summed E-state index contributed by atoms with van der Waals surface area (Å²) in [6.07, 6.45) is -1.73. The zero-order chi connectivity index (χ0) is 15.6. The van der Waals surface area contributed by atoms with E-state index in [1.165, 1.54) is 18.3 Å². The molecular formula is C14H12F3N3O. The molecule has 7 heteroatoms. The molecule has 0 fully saturated rings. The number of nitrogens with zero attached hydrogens (tertiary/aromatic N) is 3. The Balaban J connectivity index is 2.48. The lowest BCUT2D eigenvalue weighted by molar-refractivity contribution is -0.274. The van der Waals surface area contributed by atoms with Crippen molar-refractivity contribution in [3.05, 3.63) is 36.2 Å². The first-order valence-corrected chi connectivity index (χ1v) is 6.14. The van der Waals surface area contributed by atoms with Gasteiger partial charge < -0.3 is 4.74 Å². The van der Waals surface area contributed by atoms with Gasteiger partial charge in [-0.25, -0.2) is 0 Å². The van der Waals surface area contributed by atoms with Gasteiger partial charge in [0.2, 0.25) is 0 Å². The van der Waals surface area contributed by atoms with Gasteiger partial charge in [0, 0.05) is 23.4 Å². The first-order valence-electron chi connectivity index (χ1n) is 6.14. The highest BCUT2D eigenvalue weighted by Crippen LogP contribution is 2.34. The Morgan fingerprint density at radius 2 is 2.05 bits per heavy atom. The molecule has 0 saturated carbocycles. The Hall–Kier alpha value is -2.49. The van der Waals surface area contributed by atoms with E-state index in [0.717, 1.165) is 6.07 Å². The number of hydrogen-bond acceptors (Lipinski definition) is 3. The summed E-state index contributed by atoms with van der Waals surface area (Å²) in [5.41, 5.74) is 0.819. The topological polar surface area (TPSA) is 50.8 Å². The van der Waals surface area contributed by atoms with E-state index in [4.69, 9.17) is 5.26 Å². The van der Waals surface area contributed by atoms with Crippen LogP contribution in [-0.2, 0) is 0 Å². The maximum atomic E-state index is 12.5. The minimum absolute atomic E-state index is 0.0871. The Labute approximate surface area is 119 Å². The quantitative estimate of drug-likeness (QED) is 0.862. The zero-order valence-corrected chi connectivity index (χ0v) is 11.3. The zero-order valence-electron chi connectivity index (χ0n) is 11.3. The van der Waals surface area contributed by atoms with Crippen molar-refractivity contribution in [3.63, 3.8) is 0 Å². The highest BCUT2D eigenvalue weighted by molar-refractivity contribution is 5.70. The number of rotatable bonds is 3. The lowest BCUT2D eigenvalue weighted by Gasteiger charge is -2.12. The lowest BCUT2D eigenvalue weighted by atomic mass is 10.1. The Bertz CT molecular complexity index is 684. The molecule has 0 atom stereocenters. The van der Waals surface area contributed by atoms with Crippen molar-refractivity contribution in [3.8, 4) is 22.9 Å². The molecule has 0 saturated heterocycles. The van der Waals surface area contributed by atoms with Gasteiger partial charge >= 0.3 is 6.36 Å². The molecule has 1 aromatic heterocycles. The van der Waals surface area contributed by atoms with E-state index in [1.54, 1.807) is 16.9 Å². The summed E-state index contributed by atoms with van der Waals surface area (Å²) in [4.78, 5) is 0. The molecule has 1 heterocycles. The lowest BCUT2D eigenvalue weighted by Crippen LogP contribution is -2.17. The number of halogens is 3. The molecular weight excluding hydrogens is 283 g/mol. The first kappa shape index (κ1) is 14.9. The molecule has 0 bridgehead atoms. The molecule has 110 valence electrons. The summed E-state index contributed by atoms with van der Waals surface area (Å²) in [5.74, 6) is -0.412. The van der Waals surface area contributed by atoms with Crippen LogP contribution in [0.1, 0.15) is 25.5 Å². The Morgan fingerprint density at radius 3 is 2.57 bits per heavy atom. The van der Waals surface area contributed by atoms with Crippen LogP contribution >= 0.6 is 0 Å². The first-order chi connectivity index (χ1) is 9.80. The summed E-state index contributed by atoms with van der Waals surface area (Å²) in [6.45, 7) is 3.81. The molecule has 0 radical (unpaired) electrons. The normalized spacial score (nSPS) is 11.5. The molecule has 0 aliphatic heterocycles. The van der Waals surface area contributed by atoms with Gasteiger partial charge in [0.25, 0.3) is 0 Å². The van der Waals surface area contributed by atoms with Crippen molar-refractivity contribution < 1.29 is 17.9 Å². The minimum Gasteiger partial charge on any atom is -0.405 e. The third-order valence-corrected chi connectivity index (χ3v) is 2.78. The van der Waals surface area contributed by atoms with Crippen molar-refractivity contribution in [2.75, 3.05) is 0 Å². The van der Waals surface area contributed by atoms with Crippen molar-refractivity contribution in [1.29, 1.82) is 5.26 Å². The van der Waals surface area contributed by atoms with Gasteiger partial charge in [0.05, 0.1) is 17.8 Å². The van der Waals surface area contributed by atoms with E-state index in [0.29, 0.717) is 5.56 Å². The highest BCUT2D eigenvalue weighted by Gasteiger charge is 2.32. The number of alkyl halides is 3.